The molecule has 110 valence electrons. The Morgan fingerprint density at radius 1 is 1.45 bits per heavy atom. The summed E-state index contributed by atoms with van der Waals surface area (Å²) in [6.07, 6.45) is 6.15. The first-order valence-electron chi connectivity index (χ1n) is 7.35. The van der Waals surface area contributed by atoms with Gasteiger partial charge in [-0.05, 0) is 36.5 Å². The number of carbonyl (C=O) groups is 1. The van der Waals surface area contributed by atoms with E-state index in [1.54, 1.807) is 6.07 Å². The van der Waals surface area contributed by atoms with Gasteiger partial charge in [0.15, 0.2) is 0 Å². The highest BCUT2D eigenvalue weighted by atomic mass is 19.1. The summed E-state index contributed by atoms with van der Waals surface area (Å²) in [6.45, 7) is 2.82. The molecule has 1 aromatic carbocycles. The van der Waals surface area contributed by atoms with Gasteiger partial charge in [0.2, 0.25) is 0 Å². The van der Waals surface area contributed by atoms with Gasteiger partial charge in [-0.3, -0.25) is 0 Å². The molecule has 2 N–H and O–H groups in total. The maximum atomic E-state index is 13.6. The molecular weight excluding hydrogens is 257 g/mol. The Labute approximate surface area is 119 Å². The first-order valence-corrected chi connectivity index (χ1v) is 7.35. The van der Waals surface area contributed by atoms with Crippen LogP contribution in [0.25, 0.3) is 0 Å². The quantitative estimate of drug-likeness (QED) is 0.866. The van der Waals surface area contributed by atoms with E-state index < -0.39 is 11.8 Å². The van der Waals surface area contributed by atoms with Crippen LogP contribution in [-0.4, -0.2) is 17.1 Å². The number of hydrogen-bond donors (Lipinski definition) is 2. The molecule has 3 nitrogen and oxygen atoms in total. The van der Waals surface area contributed by atoms with E-state index in [1.807, 2.05) is 0 Å². The summed E-state index contributed by atoms with van der Waals surface area (Å²) in [5.74, 6) is -1.08. The van der Waals surface area contributed by atoms with Crippen LogP contribution in [0.15, 0.2) is 18.2 Å². The van der Waals surface area contributed by atoms with E-state index in [4.69, 9.17) is 5.11 Å². The fourth-order valence-electron chi connectivity index (χ4n) is 2.95. The van der Waals surface area contributed by atoms with Gasteiger partial charge in [-0.25, -0.2) is 9.18 Å². The zero-order chi connectivity index (χ0) is 14.5. The SMILES string of the molecule is CCC1CCCC(NCc2ccc(C(=O)O)c(F)c2)C1. The molecule has 20 heavy (non-hydrogen) atoms. The molecule has 1 aliphatic rings. The Morgan fingerprint density at radius 2 is 2.25 bits per heavy atom. The number of rotatable bonds is 5. The van der Waals surface area contributed by atoms with Gasteiger partial charge in [0.05, 0.1) is 5.56 Å². The molecule has 2 unspecified atom stereocenters. The average molecular weight is 279 g/mol. The van der Waals surface area contributed by atoms with E-state index in [2.05, 4.69) is 12.2 Å². The van der Waals surface area contributed by atoms with Crippen molar-refractivity contribution in [3.8, 4) is 0 Å². The van der Waals surface area contributed by atoms with Gasteiger partial charge in [-0.1, -0.05) is 32.3 Å². The maximum Gasteiger partial charge on any atom is 0.338 e. The van der Waals surface area contributed by atoms with E-state index in [0.717, 1.165) is 11.5 Å². The van der Waals surface area contributed by atoms with Crippen molar-refractivity contribution in [3.05, 3.63) is 35.1 Å². The Kier molecular flexibility index (Phi) is 5.12. The molecule has 2 atom stereocenters. The first-order chi connectivity index (χ1) is 9.60. The fraction of sp³-hybridized carbons (Fsp3) is 0.562. The van der Waals surface area contributed by atoms with Crippen molar-refractivity contribution < 1.29 is 14.3 Å². The van der Waals surface area contributed by atoms with Gasteiger partial charge >= 0.3 is 5.97 Å². The number of carboxylic acid groups (broad SMARTS) is 1. The normalized spacial score (nSPS) is 22.7. The average Bonchev–Trinajstić information content (AvgIpc) is 2.45. The van der Waals surface area contributed by atoms with Crippen LogP contribution in [0.2, 0.25) is 0 Å². The Balaban J connectivity index is 1.91. The Morgan fingerprint density at radius 3 is 2.90 bits per heavy atom. The van der Waals surface area contributed by atoms with Gasteiger partial charge in [0.25, 0.3) is 0 Å². The van der Waals surface area contributed by atoms with Crippen LogP contribution in [0.1, 0.15) is 54.9 Å². The standard InChI is InChI=1S/C16H22FNO2/c1-2-11-4-3-5-13(8-11)18-10-12-6-7-14(16(19)20)15(17)9-12/h6-7,9,11,13,18H,2-5,8,10H2,1H3,(H,19,20). The van der Waals surface area contributed by atoms with E-state index in [-0.39, 0.29) is 5.56 Å². The number of carboxylic acids is 1. The second kappa shape index (κ2) is 6.84. The van der Waals surface area contributed by atoms with E-state index >= 15 is 0 Å². The van der Waals surface area contributed by atoms with Gasteiger partial charge < -0.3 is 10.4 Å². The molecule has 0 radical (unpaired) electrons. The monoisotopic (exact) mass is 279 g/mol. The summed E-state index contributed by atoms with van der Waals surface area (Å²) in [5, 5.41) is 12.3. The largest absolute Gasteiger partial charge is 0.478 e. The van der Waals surface area contributed by atoms with Crippen LogP contribution in [0.5, 0.6) is 0 Å². The lowest BCUT2D eigenvalue weighted by Crippen LogP contribution is -2.33. The van der Waals surface area contributed by atoms with Crippen LogP contribution in [-0.2, 0) is 6.54 Å². The Hall–Kier alpha value is -1.42. The zero-order valence-electron chi connectivity index (χ0n) is 11.9. The molecule has 1 fully saturated rings. The first kappa shape index (κ1) is 15.0. The van der Waals surface area contributed by atoms with E-state index in [0.29, 0.717) is 12.6 Å². The summed E-state index contributed by atoms with van der Waals surface area (Å²) in [4.78, 5) is 10.8. The van der Waals surface area contributed by atoms with Crippen LogP contribution in [0.4, 0.5) is 4.39 Å². The molecule has 1 aliphatic carbocycles. The van der Waals surface area contributed by atoms with E-state index in [1.165, 1.54) is 44.2 Å². The smallest absolute Gasteiger partial charge is 0.338 e. The van der Waals surface area contributed by atoms with Crippen molar-refractivity contribution in [1.29, 1.82) is 0 Å². The van der Waals surface area contributed by atoms with Gasteiger partial charge in [0, 0.05) is 12.6 Å². The number of hydrogen-bond acceptors (Lipinski definition) is 2. The van der Waals surface area contributed by atoms with E-state index in [9.17, 15) is 9.18 Å². The molecule has 4 heteroatoms. The highest BCUT2D eigenvalue weighted by Crippen LogP contribution is 2.26. The third-order valence-corrected chi connectivity index (χ3v) is 4.22. The minimum absolute atomic E-state index is 0.266. The molecule has 0 spiro atoms. The molecule has 1 aromatic rings. The summed E-state index contributed by atoms with van der Waals surface area (Å²) < 4.78 is 13.6. The predicted octanol–water partition coefficient (Wildman–Crippen LogP) is 3.58. The molecule has 0 aliphatic heterocycles. The van der Waals surface area contributed by atoms with Crippen molar-refractivity contribution in [3.63, 3.8) is 0 Å². The van der Waals surface area contributed by atoms with Gasteiger partial charge in [-0.2, -0.15) is 0 Å². The highest BCUT2D eigenvalue weighted by molar-refractivity contribution is 5.87. The molecule has 0 bridgehead atoms. The number of aromatic carboxylic acids is 1. The molecule has 0 heterocycles. The second-order valence-corrected chi connectivity index (χ2v) is 5.64. The molecule has 2 rings (SSSR count). The lowest BCUT2D eigenvalue weighted by Gasteiger charge is -2.29. The highest BCUT2D eigenvalue weighted by Gasteiger charge is 2.20. The predicted molar refractivity (Wildman–Crippen MR) is 76.2 cm³/mol. The van der Waals surface area contributed by atoms with Crippen LogP contribution in [0, 0.1) is 11.7 Å². The summed E-state index contributed by atoms with van der Waals surface area (Å²) in [5.41, 5.74) is 0.531. The lowest BCUT2D eigenvalue weighted by molar-refractivity contribution is 0.0692. The fourth-order valence-corrected chi connectivity index (χ4v) is 2.95. The van der Waals surface area contributed by atoms with Crippen LogP contribution < -0.4 is 5.32 Å². The molecule has 0 amide bonds. The summed E-state index contributed by atoms with van der Waals surface area (Å²) in [6, 6.07) is 4.83. The molecular formula is C16H22FNO2. The van der Waals surface area contributed by atoms with Crippen molar-refractivity contribution in [2.75, 3.05) is 0 Å². The van der Waals surface area contributed by atoms with Gasteiger partial charge in [0.1, 0.15) is 5.82 Å². The molecule has 0 saturated heterocycles. The zero-order valence-corrected chi connectivity index (χ0v) is 11.9. The van der Waals surface area contributed by atoms with Gasteiger partial charge in [-0.15, -0.1) is 0 Å². The van der Waals surface area contributed by atoms with Crippen LogP contribution >= 0.6 is 0 Å². The topological polar surface area (TPSA) is 49.3 Å². The number of benzene rings is 1. The van der Waals surface area contributed by atoms with Crippen molar-refractivity contribution in [2.45, 2.75) is 51.6 Å². The third kappa shape index (κ3) is 3.79. The van der Waals surface area contributed by atoms with Crippen LogP contribution in [0.3, 0.4) is 0 Å². The third-order valence-electron chi connectivity index (χ3n) is 4.22. The number of nitrogens with one attached hydrogen (secondary N) is 1. The minimum Gasteiger partial charge on any atom is -0.478 e. The molecule has 0 aromatic heterocycles. The Bertz CT molecular complexity index is 476. The lowest BCUT2D eigenvalue weighted by atomic mass is 9.84. The van der Waals surface area contributed by atoms with Crippen molar-refractivity contribution in [2.24, 2.45) is 5.92 Å². The summed E-state index contributed by atoms with van der Waals surface area (Å²) >= 11 is 0. The number of halogens is 1. The second-order valence-electron chi connectivity index (χ2n) is 5.64. The maximum absolute atomic E-state index is 13.6. The molecule has 1 saturated carbocycles. The van der Waals surface area contributed by atoms with Crippen molar-refractivity contribution >= 4 is 5.97 Å². The summed E-state index contributed by atoms with van der Waals surface area (Å²) in [7, 11) is 0. The minimum atomic E-state index is -1.22. The van der Waals surface area contributed by atoms with Crippen molar-refractivity contribution in [1.82, 2.24) is 5.32 Å².